The van der Waals surface area contributed by atoms with Crippen LogP contribution in [0.5, 0.6) is 0 Å². The molecule has 0 radical (unpaired) electrons. The van der Waals surface area contributed by atoms with Crippen molar-refractivity contribution in [3.63, 3.8) is 0 Å². The van der Waals surface area contributed by atoms with Gasteiger partial charge in [-0.2, -0.15) is 0 Å². The second-order valence-corrected chi connectivity index (χ2v) is 8.11. The van der Waals surface area contributed by atoms with E-state index in [4.69, 9.17) is 4.74 Å². The third-order valence-electron chi connectivity index (χ3n) is 3.22. The van der Waals surface area contributed by atoms with Gasteiger partial charge in [0.1, 0.15) is 6.61 Å². The van der Waals surface area contributed by atoms with E-state index in [2.05, 4.69) is 6.58 Å². The lowest BCUT2D eigenvalue weighted by Crippen LogP contribution is -2.22. The normalized spacial score (nSPS) is 19.2. The lowest BCUT2D eigenvalue weighted by atomic mass is 10.1. The van der Waals surface area contributed by atoms with Crippen molar-refractivity contribution in [3.05, 3.63) is 12.2 Å². The minimum absolute atomic E-state index is 0.0425. The highest BCUT2D eigenvalue weighted by atomic mass is 33.1. The fourth-order valence-corrected chi connectivity index (χ4v) is 4.94. The maximum Gasteiger partial charge on any atom is 0.305 e. The van der Waals surface area contributed by atoms with E-state index >= 15 is 0 Å². The Kier molecular flexibility index (Phi) is 9.11. The summed E-state index contributed by atoms with van der Waals surface area (Å²) in [5.41, 5.74) is 0.406. The van der Waals surface area contributed by atoms with Crippen molar-refractivity contribution >= 4 is 33.3 Å². The first-order valence-corrected chi connectivity index (χ1v) is 9.68. The molecule has 0 aliphatic carbocycles. The molecule has 0 aromatic carbocycles. The second kappa shape index (κ2) is 10.3. The van der Waals surface area contributed by atoms with Crippen LogP contribution in [0, 0.1) is 0 Å². The van der Waals surface area contributed by atoms with Crippen molar-refractivity contribution < 1.29 is 19.4 Å². The molecule has 0 saturated carbocycles. The first-order chi connectivity index (χ1) is 9.99. The SMILES string of the molecule is C=C(C)C(=O)CC(O)COC(=O)CCCC[C@@H]1CCSS1. The number of aliphatic hydroxyl groups is 1. The van der Waals surface area contributed by atoms with Crippen molar-refractivity contribution in [3.8, 4) is 0 Å². The van der Waals surface area contributed by atoms with E-state index in [1.165, 1.54) is 12.2 Å². The van der Waals surface area contributed by atoms with Crippen molar-refractivity contribution in [2.45, 2.75) is 56.8 Å². The molecule has 0 aromatic heterocycles. The average molecular weight is 332 g/mol. The maximum absolute atomic E-state index is 11.5. The zero-order valence-corrected chi connectivity index (χ0v) is 14.1. The molecule has 1 N–H and O–H groups in total. The Labute approximate surface area is 134 Å². The van der Waals surface area contributed by atoms with Crippen LogP contribution in [0.15, 0.2) is 12.2 Å². The molecule has 1 heterocycles. The molecule has 21 heavy (non-hydrogen) atoms. The van der Waals surface area contributed by atoms with Crippen LogP contribution in [0.2, 0.25) is 0 Å². The fraction of sp³-hybridized carbons (Fsp3) is 0.733. The summed E-state index contributed by atoms with van der Waals surface area (Å²) < 4.78 is 4.98. The monoisotopic (exact) mass is 332 g/mol. The van der Waals surface area contributed by atoms with Crippen LogP contribution in [0.3, 0.4) is 0 Å². The molecule has 1 saturated heterocycles. The number of hydrogen-bond acceptors (Lipinski definition) is 6. The second-order valence-electron chi connectivity index (χ2n) is 5.32. The zero-order chi connectivity index (χ0) is 15.7. The highest BCUT2D eigenvalue weighted by Crippen LogP contribution is 2.39. The van der Waals surface area contributed by atoms with Gasteiger partial charge in [-0.1, -0.05) is 34.6 Å². The van der Waals surface area contributed by atoms with Gasteiger partial charge in [-0.15, -0.1) is 0 Å². The van der Waals surface area contributed by atoms with Gasteiger partial charge in [-0.25, -0.2) is 0 Å². The Morgan fingerprint density at radius 2 is 2.19 bits per heavy atom. The molecule has 0 aromatic rings. The predicted octanol–water partition coefficient (Wildman–Crippen LogP) is 3.14. The fourth-order valence-electron chi connectivity index (χ4n) is 1.91. The van der Waals surface area contributed by atoms with Gasteiger partial charge in [0.2, 0.25) is 0 Å². The number of esters is 1. The first-order valence-electron chi connectivity index (χ1n) is 7.29. The van der Waals surface area contributed by atoms with Crippen LogP contribution in [0.1, 0.15) is 45.4 Å². The summed E-state index contributed by atoms with van der Waals surface area (Å²) in [6.07, 6.45) is 3.67. The van der Waals surface area contributed by atoms with E-state index in [1.54, 1.807) is 6.92 Å². The standard InChI is InChI=1S/C15H24O4S2/c1-11(2)14(17)9-12(16)10-19-15(18)6-4-3-5-13-7-8-20-21-13/h12-13,16H,1,3-10H2,2H3/t12?,13-/m1/s1. The Hall–Kier alpha value is -0.460. The average Bonchev–Trinajstić information content (AvgIpc) is 2.94. The van der Waals surface area contributed by atoms with Gasteiger partial charge >= 0.3 is 5.97 Å². The number of Topliss-reactive ketones (excluding diaryl/α,β-unsaturated/α-hetero) is 1. The number of carbonyl (C=O) groups excluding carboxylic acids is 2. The van der Waals surface area contributed by atoms with Crippen LogP contribution in [0.25, 0.3) is 0 Å². The Morgan fingerprint density at radius 3 is 2.81 bits per heavy atom. The molecule has 120 valence electrons. The van der Waals surface area contributed by atoms with E-state index in [0.29, 0.717) is 12.0 Å². The molecule has 1 unspecified atom stereocenters. The Morgan fingerprint density at radius 1 is 1.43 bits per heavy atom. The van der Waals surface area contributed by atoms with Crippen molar-refractivity contribution in [1.29, 1.82) is 0 Å². The van der Waals surface area contributed by atoms with Crippen LogP contribution >= 0.6 is 21.6 Å². The number of ketones is 1. The lowest BCUT2D eigenvalue weighted by Gasteiger charge is -2.11. The van der Waals surface area contributed by atoms with Crippen LogP contribution in [-0.4, -0.2) is 40.6 Å². The van der Waals surface area contributed by atoms with E-state index in [-0.39, 0.29) is 24.8 Å². The molecule has 6 heteroatoms. The number of rotatable bonds is 10. The minimum Gasteiger partial charge on any atom is -0.463 e. The van der Waals surface area contributed by atoms with Crippen LogP contribution in [-0.2, 0) is 14.3 Å². The van der Waals surface area contributed by atoms with Gasteiger partial charge in [0.25, 0.3) is 0 Å². The molecular weight excluding hydrogens is 308 g/mol. The summed E-state index contributed by atoms with van der Waals surface area (Å²) in [5.74, 6) is 0.730. The van der Waals surface area contributed by atoms with Gasteiger partial charge in [0.15, 0.2) is 5.78 Å². The molecule has 4 nitrogen and oxygen atoms in total. The Bertz CT molecular complexity index is 365. The van der Waals surface area contributed by atoms with E-state index < -0.39 is 6.10 Å². The lowest BCUT2D eigenvalue weighted by molar-refractivity contribution is -0.147. The third kappa shape index (κ3) is 8.53. The van der Waals surface area contributed by atoms with Gasteiger partial charge in [-0.3, -0.25) is 9.59 Å². The smallest absolute Gasteiger partial charge is 0.305 e. The minimum atomic E-state index is -0.940. The van der Waals surface area contributed by atoms with Crippen LogP contribution < -0.4 is 0 Å². The summed E-state index contributed by atoms with van der Waals surface area (Å²) in [4.78, 5) is 22.8. The number of hydrogen-bond donors (Lipinski definition) is 1. The summed E-state index contributed by atoms with van der Waals surface area (Å²) in [6.45, 7) is 5.00. The van der Waals surface area contributed by atoms with E-state index in [1.807, 2.05) is 21.6 Å². The molecular formula is C15H24O4S2. The van der Waals surface area contributed by atoms with Crippen molar-refractivity contribution in [1.82, 2.24) is 0 Å². The summed E-state index contributed by atoms with van der Waals surface area (Å²) in [7, 11) is 3.88. The van der Waals surface area contributed by atoms with Crippen LogP contribution in [0.4, 0.5) is 0 Å². The molecule has 0 spiro atoms. The van der Waals surface area contributed by atoms with Gasteiger partial charge in [0.05, 0.1) is 6.10 Å². The molecule has 1 rings (SSSR count). The quantitative estimate of drug-likeness (QED) is 0.287. The number of unbranched alkanes of at least 4 members (excludes halogenated alkanes) is 1. The predicted molar refractivity (Wildman–Crippen MR) is 88.3 cm³/mol. The molecule has 1 aliphatic heterocycles. The van der Waals surface area contributed by atoms with E-state index in [0.717, 1.165) is 24.5 Å². The van der Waals surface area contributed by atoms with Crippen molar-refractivity contribution in [2.75, 3.05) is 12.4 Å². The first kappa shape index (κ1) is 18.6. The summed E-state index contributed by atoms with van der Waals surface area (Å²) in [6, 6.07) is 0. The highest BCUT2D eigenvalue weighted by Gasteiger charge is 2.16. The van der Waals surface area contributed by atoms with Gasteiger partial charge in [0, 0.05) is 23.8 Å². The van der Waals surface area contributed by atoms with E-state index in [9.17, 15) is 14.7 Å². The summed E-state index contributed by atoms with van der Waals surface area (Å²) >= 11 is 0. The van der Waals surface area contributed by atoms with Crippen molar-refractivity contribution in [2.24, 2.45) is 0 Å². The molecule has 1 aliphatic rings. The zero-order valence-electron chi connectivity index (χ0n) is 12.5. The third-order valence-corrected chi connectivity index (χ3v) is 6.22. The number of aliphatic hydroxyl groups excluding tert-OH is 1. The van der Waals surface area contributed by atoms with Gasteiger partial charge < -0.3 is 9.84 Å². The largest absolute Gasteiger partial charge is 0.463 e. The highest BCUT2D eigenvalue weighted by molar-refractivity contribution is 8.77. The topological polar surface area (TPSA) is 63.6 Å². The molecule has 1 fully saturated rings. The number of ether oxygens (including phenoxy) is 1. The molecule has 2 atom stereocenters. The molecule has 0 bridgehead atoms. The van der Waals surface area contributed by atoms with Gasteiger partial charge in [-0.05, 0) is 31.8 Å². The summed E-state index contributed by atoms with van der Waals surface area (Å²) in [5, 5.41) is 10.3. The maximum atomic E-state index is 11.5. The Balaban J connectivity index is 2.02. The molecule has 0 amide bonds. The number of carbonyl (C=O) groups is 2. The number of allylic oxidation sites excluding steroid dienone is 1.